The molecule has 0 bridgehead atoms. The van der Waals surface area contributed by atoms with Gasteiger partial charge < -0.3 is 5.11 Å². The minimum atomic E-state index is -0.748. The van der Waals surface area contributed by atoms with E-state index in [2.05, 4.69) is 0 Å². The minimum Gasteiger partial charge on any atom is -0.480 e. The Morgan fingerprint density at radius 3 is 2.50 bits per heavy atom. The van der Waals surface area contributed by atoms with Crippen LogP contribution in [0.15, 0.2) is 24.3 Å². The van der Waals surface area contributed by atoms with Gasteiger partial charge in [0.2, 0.25) is 0 Å². The zero-order valence-corrected chi connectivity index (χ0v) is 9.17. The second-order valence-corrected chi connectivity index (χ2v) is 4.61. The van der Waals surface area contributed by atoms with Gasteiger partial charge in [-0.1, -0.05) is 29.8 Å². The molecule has 0 amide bonds. The highest BCUT2D eigenvalue weighted by Crippen LogP contribution is 2.17. The topological polar surface area (TPSA) is 37.3 Å². The summed E-state index contributed by atoms with van der Waals surface area (Å²) in [6.45, 7) is 3.75. The summed E-state index contributed by atoms with van der Waals surface area (Å²) >= 11 is 1.44. The quantitative estimate of drug-likeness (QED) is 0.830. The van der Waals surface area contributed by atoms with Crippen LogP contribution in [0.4, 0.5) is 0 Å². The Morgan fingerprint density at radius 2 is 2.00 bits per heavy atom. The Kier molecular flexibility index (Phi) is 4.01. The van der Waals surface area contributed by atoms with Gasteiger partial charge in [-0.25, -0.2) is 0 Å². The molecule has 0 aliphatic rings. The summed E-state index contributed by atoms with van der Waals surface area (Å²) in [5.41, 5.74) is 2.40. The molecule has 1 aromatic carbocycles. The number of thioether (sulfide) groups is 1. The fourth-order valence-corrected chi connectivity index (χ4v) is 1.75. The molecule has 1 N–H and O–H groups in total. The van der Waals surface area contributed by atoms with Crippen LogP contribution in [0.1, 0.15) is 18.1 Å². The molecular weight excluding hydrogens is 196 g/mol. The number of rotatable bonds is 4. The van der Waals surface area contributed by atoms with E-state index >= 15 is 0 Å². The van der Waals surface area contributed by atoms with Crippen molar-refractivity contribution in [2.24, 2.45) is 0 Å². The standard InChI is InChI=1S/C11H14O2S/c1-8-3-5-10(6-4-8)7-14-9(2)11(12)13/h3-6,9H,7H2,1-2H3,(H,12,13). The first-order chi connectivity index (χ1) is 6.59. The fourth-order valence-electron chi connectivity index (χ4n) is 0.977. The molecule has 0 spiro atoms. The summed E-state index contributed by atoms with van der Waals surface area (Å²) in [5, 5.41) is 8.35. The number of hydrogen-bond acceptors (Lipinski definition) is 2. The van der Waals surface area contributed by atoms with E-state index in [9.17, 15) is 4.79 Å². The highest BCUT2D eigenvalue weighted by Gasteiger charge is 2.10. The highest BCUT2D eigenvalue weighted by molar-refractivity contribution is 7.99. The van der Waals surface area contributed by atoms with E-state index in [4.69, 9.17) is 5.11 Å². The van der Waals surface area contributed by atoms with Crippen molar-refractivity contribution < 1.29 is 9.90 Å². The van der Waals surface area contributed by atoms with Crippen LogP contribution < -0.4 is 0 Å². The number of carbonyl (C=O) groups is 1. The summed E-state index contributed by atoms with van der Waals surface area (Å²) < 4.78 is 0. The van der Waals surface area contributed by atoms with Gasteiger partial charge in [-0.3, -0.25) is 4.79 Å². The van der Waals surface area contributed by atoms with Gasteiger partial charge in [0.15, 0.2) is 0 Å². The van der Waals surface area contributed by atoms with Crippen molar-refractivity contribution in [1.29, 1.82) is 0 Å². The number of aryl methyl sites for hydroxylation is 1. The van der Waals surface area contributed by atoms with E-state index in [1.54, 1.807) is 6.92 Å². The molecule has 0 aromatic heterocycles. The first-order valence-corrected chi connectivity index (χ1v) is 5.54. The molecule has 0 radical (unpaired) electrons. The molecule has 0 fully saturated rings. The molecule has 0 saturated heterocycles. The van der Waals surface area contributed by atoms with Crippen LogP contribution in [-0.2, 0) is 10.5 Å². The molecule has 76 valence electrons. The van der Waals surface area contributed by atoms with Crippen molar-refractivity contribution in [3.63, 3.8) is 0 Å². The van der Waals surface area contributed by atoms with Crippen LogP contribution in [0.3, 0.4) is 0 Å². The Morgan fingerprint density at radius 1 is 1.43 bits per heavy atom. The highest BCUT2D eigenvalue weighted by atomic mass is 32.2. The predicted molar refractivity (Wildman–Crippen MR) is 59.6 cm³/mol. The van der Waals surface area contributed by atoms with Crippen LogP contribution in [0, 0.1) is 6.92 Å². The van der Waals surface area contributed by atoms with E-state index < -0.39 is 5.97 Å². The molecule has 0 heterocycles. The third kappa shape index (κ3) is 3.42. The normalized spacial score (nSPS) is 12.4. The first-order valence-electron chi connectivity index (χ1n) is 4.49. The van der Waals surface area contributed by atoms with Crippen LogP contribution in [0.5, 0.6) is 0 Å². The van der Waals surface area contributed by atoms with Crippen molar-refractivity contribution in [2.75, 3.05) is 0 Å². The van der Waals surface area contributed by atoms with Gasteiger partial charge in [0.25, 0.3) is 0 Å². The zero-order chi connectivity index (χ0) is 10.6. The molecule has 3 heteroatoms. The van der Waals surface area contributed by atoms with Crippen LogP contribution in [0.2, 0.25) is 0 Å². The second-order valence-electron chi connectivity index (χ2n) is 3.28. The first kappa shape index (κ1) is 11.1. The van der Waals surface area contributed by atoms with Gasteiger partial charge in [0, 0.05) is 5.75 Å². The number of carboxylic acid groups (broad SMARTS) is 1. The number of carboxylic acids is 1. The van der Waals surface area contributed by atoms with Gasteiger partial charge in [-0.2, -0.15) is 0 Å². The Bertz CT molecular complexity index is 306. The van der Waals surface area contributed by atoms with Gasteiger partial charge >= 0.3 is 5.97 Å². The third-order valence-electron chi connectivity index (χ3n) is 1.97. The van der Waals surface area contributed by atoms with Crippen molar-refractivity contribution in [3.8, 4) is 0 Å². The zero-order valence-electron chi connectivity index (χ0n) is 8.36. The van der Waals surface area contributed by atoms with Gasteiger partial charge in [0.1, 0.15) is 0 Å². The molecule has 1 rings (SSSR count). The SMILES string of the molecule is Cc1ccc(CSC(C)C(=O)O)cc1. The lowest BCUT2D eigenvalue weighted by Crippen LogP contribution is -2.11. The number of benzene rings is 1. The summed E-state index contributed by atoms with van der Waals surface area (Å²) in [6, 6.07) is 8.16. The Hall–Kier alpha value is -0.960. The molecule has 0 saturated carbocycles. The smallest absolute Gasteiger partial charge is 0.316 e. The molecule has 0 aliphatic heterocycles. The molecule has 1 aromatic rings. The van der Waals surface area contributed by atoms with Crippen molar-refractivity contribution in [1.82, 2.24) is 0 Å². The average Bonchev–Trinajstić information content (AvgIpc) is 2.16. The Balaban J connectivity index is 2.46. The monoisotopic (exact) mass is 210 g/mol. The fraction of sp³-hybridized carbons (Fsp3) is 0.364. The van der Waals surface area contributed by atoms with E-state index in [0.29, 0.717) is 0 Å². The maximum atomic E-state index is 10.6. The minimum absolute atomic E-state index is 0.337. The average molecular weight is 210 g/mol. The van der Waals surface area contributed by atoms with Crippen LogP contribution in [-0.4, -0.2) is 16.3 Å². The summed E-state index contributed by atoms with van der Waals surface area (Å²) in [5.74, 6) is 0.00964. The van der Waals surface area contributed by atoms with E-state index in [-0.39, 0.29) is 5.25 Å². The van der Waals surface area contributed by atoms with E-state index in [1.807, 2.05) is 31.2 Å². The van der Waals surface area contributed by atoms with Crippen molar-refractivity contribution >= 4 is 17.7 Å². The summed E-state index contributed by atoms with van der Waals surface area (Å²) in [4.78, 5) is 10.6. The largest absolute Gasteiger partial charge is 0.480 e. The lowest BCUT2D eigenvalue weighted by molar-refractivity contribution is -0.136. The van der Waals surface area contributed by atoms with Crippen molar-refractivity contribution in [3.05, 3.63) is 35.4 Å². The van der Waals surface area contributed by atoms with Gasteiger partial charge in [0.05, 0.1) is 5.25 Å². The molecule has 1 unspecified atom stereocenters. The van der Waals surface area contributed by atoms with Gasteiger partial charge in [-0.15, -0.1) is 11.8 Å². The molecular formula is C11H14O2S. The lowest BCUT2D eigenvalue weighted by Gasteiger charge is -2.05. The van der Waals surface area contributed by atoms with Gasteiger partial charge in [-0.05, 0) is 19.4 Å². The molecule has 14 heavy (non-hydrogen) atoms. The Labute approximate surface area is 88.3 Å². The number of aliphatic carboxylic acids is 1. The summed E-state index contributed by atoms with van der Waals surface area (Å²) in [7, 11) is 0. The van der Waals surface area contributed by atoms with E-state index in [0.717, 1.165) is 5.75 Å². The molecule has 0 aliphatic carbocycles. The maximum absolute atomic E-state index is 10.6. The molecule has 1 atom stereocenters. The maximum Gasteiger partial charge on any atom is 0.316 e. The van der Waals surface area contributed by atoms with E-state index in [1.165, 1.54) is 22.9 Å². The van der Waals surface area contributed by atoms with Crippen LogP contribution >= 0.6 is 11.8 Å². The second kappa shape index (κ2) is 5.05. The third-order valence-corrected chi connectivity index (χ3v) is 3.17. The van der Waals surface area contributed by atoms with Crippen LogP contribution in [0.25, 0.3) is 0 Å². The molecule has 2 nitrogen and oxygen atoms in total. The number of hydrogen-bond donors (Lipinski definition) is 1. The van der Waals surface area contributed by atoms with Crippen molar-refractivity contribution in [2.45, 2.75) is 24.9 Å². The lowest BCUT2D eigenvalue weighted by atomic mass is 10.2. The summed E-state index contributed by atoms with van der Waals surface area (Å²) in [6.07, 6.45) is 0. The predicted octanol–water partition coefficient (Wildman–Crippen LogP) is 2.70.